The van der Waals surface area contributed by atoms with Crippen molar-refractivity contribution in [2.24, 2.45) is 28.1 Å². The van der Waals surface area contributed by atoms with Crippen LogP contribution in [-0.4, -0.2) is 166 Å². The fraction of sp³-hybridized carbons (Fsp3) is 0.406. The predicted octanol–water partition coefficient (Wildman–Crippen LogP) is -0.725. The Morgan fingerprint density at radius 3 is 1.90 bits per heavy atom. The number of nitrogens with two attached hydrogens (primary N) is 3. The number of aromatic nitrogens is 1. The number of rotatable bonds is 35. The van der Waals surface area contributed by atoms with Gasteiger partial charge in [0.05, 0.1) is 19.7 Å². The van der Waals surface area contributed by atoms with Crippen LogP contribution in [0.4, 0.5) is 4.79 Å². The average Bonchev–Trinajstić information content (AvgIpc) is 1.76. The Labute approximate surface area is 536 Å². The van der Waals surface area contributed by atoms with E-state index in [0.717, 1.165) is 5.56 Å². The first-order chi connectivity index (χ1) is 44.6. The molecule has 1 aliphatic rings. The van der Waals surface area contributed by atoms with Crippen molar-refractivity contribution >= 4 is 82.0 Å². The maximum Gasteiger partial charge on any atom is 0.408 e. The van der Waals surface area contributed by atoms with Gasteiger partial charge in [0.15, 0.2) is 5.96 Å². The Hall–Kier alpha value is -10.6. The van der Waals surface area contributed by atoms with Crippen molar-refractivity contribution in [3.8, 4) is 5.75 Å². The lowest BCUT2D eigenvalue weighted by Gasteiger charge is -2.30. The molecule has 6 rings (SSSR count). The van der Waals surface area contributed by atoms with E-state index >= 15 is 0 Å². The van der Waals surface area contributed by atoms with Crippen molar-refractivity contribution < 1.29 is 67.7 Å². The lowest BCUT2D eigenvalue weighted by atomic mass is 10.0. The van der Waals surface area contributed by atoms with Crippen LogP contribution in [-0.2, 0) is 78.7 Å². The number of para-hydroxylation sites is 1. The van der Waals surface area contributed by atoms with Crippen LogP contribution in [0.1, 0.15) is 81.0 Å². The number of likely N-dealkylation sites (tertiary alicyclic amines) is 1. The number of phenolic OH excluding ortho intramolecular Hbond substituents is 1. The molecule has 0 saturated carbocycles. The molecule has 93 heavy (non-hydrogen) atoms. The smallest absolute Gasteiger partial charge is 0.408 e. The van der Waals surface area contributed by atoms with E-state index in [1.54, 1.807) is 74.6 Å². The number of H-pyrrole nitrogens is 1. The second kappa shape index (κ2) is 36.3. The van der Waals surface area contributed by atoms with E-state index in [9.17, 15) is 63.0 Å². The number of nitrogens with one attached hydrogen (secondary N) is 10. The molecule has 4 aromatic carbocycles. The van der Waals surface area contributed by atoms with Crippen LogP contribution in [0.25, 0.3) is 10.9 Å². The SMILES string of the molecule is CC(C)C[C@H](NC(=O)CNC(=O)[C@H](Cc1ccc(O)cc1)NC(=O)[C@H](CO)NC(=O)[C@H](Cc1c[nH]c2ccccc12)NC(=O)[C@H](CCC(=O)NCc1ccccc1)NC(=O)OCc1ccccc1)C(=O)N[C@@H](CCCN=C(N)N)C(=O)N1CCC[C@H]1C(=O)NCC(N)=O. The normalized spacial score (nSPS) is 14.5. The number of benzene rings is 4. The van der Waals surface area contributed by atoms with E-state index in [0.29, 0.717) is 34.0 Å². The topological polar surface area (TPSA) is 455 Å². The highest BCUT2D eigenvalue weighted by atomic mass is 16.5. The molecular formula is C64H83N15O14. The first kappa shape index (κ1) is 71.5. The number of hydrogen-bond acceptors (Lipinski definition) is 15. The van der Waals surface area contributed by atoms with Gasteiger partial charge in [-0.25, -0.2) is 4.79 Å². The van der Waals surface area contributed by atoms with Crippen LogP contribution in [0.3, 0.4) is 0 Å². The standard InChI is InChI=1S/C64H83N15O14/c1-38(2)29-48(58(87)74-47(19-11-27-68-63(66)67)62(91)79-28-12-20-52(79)61(90)71-34-53(65)82)73-55(84)35-72-56(85)49(30-39-21-23-43(81)24-22-39)75-60(89)51(36-80)77-59(88)50(31-42-33-69-45-18-10-9-17-44(42)45)76-57(86)46(78-64(92)93-37-41-15-7-4-8-16-41)25-26-54(83)70-32-40-13-5-3-6-14-40/h3-10,13-18,21-24,33,38,46-52,69,80-81H,11-12,19-20,25-32,34-37H2,1-2H3,(H2,65,82)(H,70,83)(H,71,90)(H,72,85)(H,73,84)(H,74,87)(H,75,89)(H,76,86)(H,77,88)(H,78,92)(H4,66,67,68)/t46-,47-,48-,49-,50-,51-,52-/m0/s1. The van der Waals surface area contributed by atoms with Crippen LogP contribution in [0.2, 0.25) is 0 Å². The molecule has 0 bridgehead atoms. The third kappa shape index (κ3) is 23.6. The van der Waals surface area contributed by atoms with E-state index in [-0.39, 0.29) is 95.2 Å². The highest BCUT2D eigenvalue weighted by Crippen LogP contribution is 2.22. The summed E-state index contributed by atoms with van der Waals surface area (Å²) < 4.78 is 5.42. The van der Waals surface area contributed by atoms with Gasteiger partial charge in [-0.1, -0.05) is 105 Å². The quantitative estimate of drug-likeness (QED) is 0.0135. The van der Waals surface area contributed by atoms with Gasteiger partial charge in [-0.3, -0.25) is 52.9 Å². The number of primary amides is 1. The van der Waals surface area contributed by atoms with Gasteiger partial charge < -0.3 is 89.9 Å². The zero-order chi connectivity index (χ0) is 67.4. The van der Waals surface area contributed by atoms with Gasteiger partial charge in [-0.15, -0.1) is 0 Å². The third-order valence-electron chi connectivity index (χ3n) is 15.0. The third-order valence-corrected chi connectivity index (χ3v) is 15.0. The summed E-state index contributed by atoms with van der Waals surface area (Å²) in [6, 6.07) is 20.8. The fourth-order valence-electron chi connectivity index (χ4n) is 10.2. The van der Waals surface area contributed by atoms with Crippen molar-refractivity contribution in [2.75, 3.05) is 32.8 Å². The average molecular weight is 1290 g/mol. The Kier molecular flexibility index (Phi) is 27.9. The molecule has 29 heteroatoms. The van der Waals surface area contributed by atoms with Gasteiger partial charge in [0.2, 0.25) is 59.1 Å². The summed E-state index contributed by atoms with van der Waals surface area (Å²) in [6.45, 7) is 1.59. The molecule has 1 fully saturated rings. The molecule has 5 aromatic rings. The van der Waals surface area contributed by atoms with E-state index in [2.05, 4.69) is 57.8 Å². The van der Waals surface area contributed by atoms with Gasteiger partial charge in [0.25, 0.3) is 0 Å². The zero-order valence-corrected chi connectivity index (χ0v) is 51.8. The Balaban J connectivity index is 1.17. The highest BCUT2D eigenvalue weighted by Gasteiger charge is 2.39. The molecule has 0 unspecified atom stereocenters. The number of aromatic amines is 1. The predicted molar refractivity (Wildman–Crippen MR) is 341 cm³/mol. The second-order valence-corrected chi connectivity index (χ2v) is 22.7. The van der Waals surface area contributed by atoms with Crippen molar-refractivity contribution in [3.63, 3.8) is 0 Å². The number of fused-ring (bicyclic) bond motifs is 1. The maximum absolute atomic E-state index is 14.6. The monoisotopic (exact) mass is 1290 g/mol. The second-order valence-electron chi connectivity index (χ2n) is 22.7. The number of phenols is 1. The van der Waals surface area contributed by atoms with Crippen LogP contribution >= 0.6 is 0 Å². The first-order valence-electron chi connectivity index (χ1n) is 30.5. The Morgan fingerprint density at radius 2 is 1.24 bits per heavy atom. The summed E-state index contributed by atoms with van der Waals surface area (Å²) in [5.41, 5.74) is 19.3. The molecule has 1 aliphatic heterocycles. The van der Waals surface area contributed by atoms with Gasteiger partial charge in [0, 0.05) is 56.0 Å². The minimum atomic E-state index is -1.79. The number of aliphatic hydroxyl groups excluding tert-OH is 1. The number of aliphatic hydroxyl groups is 1. The molecule has 498 valence electrons. The molecule has 18 N–H and O–H groups in total. The summed E-state index contributed by atoms with van der Waals surface area (Å²) in [5, 5.41) is 44.7. The number of aliphatic imine (C=N–C) groups is 1. The number of amides is 11. The van der Waals surface area contributed by atoms with Crippen LogP contribution in [0, 0.1) is 5.92 Å². The summed E-state index contributed by atoms with van der Waals surface area (Å²) in [5.74, 6) is -8.54. The van der Waals surface area contributed by atoms with E-state index in [1.807, 2.05) is 30.3 Å². The van der Waals surface area contributed by atoms with Crippen LogP contribution < -0.4 is 65.1 Å². The number of ether oxygens (including phenoxy) is 1. The minimum absolute atomic E-state index is 0.00942. The number of alkyl carbamates (subject to hydrolysis) is 1. The number of carbonyl (C=O) groups is 11. The number of carbonyl (C=O) groups excluding carboxylic acids is 11. The highest BCUT2D eigenvalue weighted by molar-refractivity contribution is 5.98. The molecule has 0 radical (unpaired) electrons. The molecule has 2 heterocycles. The zero-order valence-electron chi connectivity index (χ0n) is 51.8. The molecular weight excluding hydrogens is 1200 g/mol. The van der Waals surface area contributed by atoms with Crippen molar-refractivity contribution in [2.45, 2.75) is 127 Å². The molecule has 0 aliphatic carbocycles. The fourth-order valence-corrected chi connectivity index (χ4v) is 10.2. The Morgan fingerprint density at radius 1 is 0.624 bits per heavy atom. The lowest BCUT2D eigenvalue weighted by Crippen LogP contribution is -2.60. The first-order valence-corrected chi connectivity index (χ1v) is 30.5. The molecule has 11 amide bonds. The number of aromatic hydroxyl groups is 1. The largest absolute Gasteiger partial charge is 0.508 e. The van der Waals surface area contributed by atoms with Gasteiger partial charge in [-0.05, 0) is 84.9 Å². The molecule has 29 nitrogen and oxygen atoms in total. The van der Waals surface area contributed by atoms with Crippen molar-refractivity contribution in [3.05, 3.63) is 138 Å². The van der Waals surface area contributed by atoms with E-state index in [1.165, 1.54) is 29.2 Å². The van der Waals surface area contributed by atoms with Crippen LogP contribution in [0.15, 0.2) is 120 Å². The summed E-state index contributed by atoms with van der Waals surface area (Å²) >= 11 is 0. The summed E-state index contributed by atoms with van der Waals surface area (Å²) in [4.78, 5) is 159. The lowest BCUT2D eigenvalue weighted by molar-refractivity contribution is -0.142. The van der Waals surface area contributed by atoms with E-state index < -0.39 is 127 Å². The summed E-state index contributed by atoms with van der Waals surface area (Å²) in [6.07, 6.45) is 0.626. The molecule has 1 aromatic heterocycles. The van der Waals surface area contributed by atoms with Gasteiger partial charge in [-0.2, -0.15) is 0 Å². The Bertz CT molecular complexity index is 3400. The molecule has 1 saturated heterocycles. The van der Waals surface area contributed by atoms with Crippen molar-refractivity contribution in [1.29, 1.82) is 0 Å². The van der Waals surface area contributed by atoms with Gasteiger partial charge in [0.1, 0.15) is 54.6 Å². The van der Waals surface area contributed by atoms with Crippen LogP contribution in [0.5, 0.6) is 5.75 Å². The summed E-state index contributed by atoms with van der Waals surface area (Å²) in [7, 11) is 0. The molecule has 7 atom stereocenters. The van der Waals surface area contributed by atoms with E-state index in [4.69, 9.17) is 21.9 Å². The van der Waals surface area contributed by atoms with Crippen molar-refractivity contribution in [1.82, 2.24) is 57.7 Å². The molecule has 0 spiro atoms. The number of hydrogen-bond donors (Lipinski definition) is 15. The number of nitrogens with zero attached hydrogens (tertiary/aromatic N) is 2. The van der Waals surface area contributed by atoms with Gasteiger partial charge >= 0.3 is 6.09 Å². The number of guanidine groups is 1. The minimum Gasteiger partial charge on any atom is -0.508 e. The maximum atomic E-state index is 14.6.